The Hall–Kier alpha value is -3.03. The average molecular weight is 422 g/mol. The number of aromatic nitrogens is 4. The molecule has 2 aliphatic carbocycles. The SMILES string of the molecule is O=C(c1cc(-c2nc(-c3ccncc3)no2)no1)N(C1CCCCC1)C1CCCCC1. The third-order valence-corrected chi connectivity index (χ3v) is 6.48. The van der Waals surface area contributed by atoms with Gasteiger partial charge in [-0.05, 0) is 37.8 Å². The molecule has 0 aliphatic heterocycles. The van der Waals surface area contributed by atoms with Gasteiger partial charge in [-0.25, -0.2) is 0 Å². The molecule has 3 heterocycles. The Kier molecular flexibility index (Phi) is 5.78. The van der Waals surface area contributed by atoms with E-state index in [2.05, 4.69) is 25.2 Å². The van der Waals surface area contributed by atoms with Gasteiger partial charge in [0.15, 0.2) is 5.69 Å². The molecule has 2 aliphatic rings. The molecule has 8 nitrogen and oxygen atoms in total. The second-order valence-electron chi connectivity index (χ2n) is 8.53. The monoisotopic (exact) mass is 421 g/mol. The van der Waals surface area contributed by atoms with Crippen LogP contribution in [-0.4, -0.2) is 43.2 Å². The quantitative estimate of drug-likeness (QED) is 0.578. The molecule has 0 aromatic carbocycles. The molecule has 162 valence electrons. The fourth-order valence-corrected chi connectivity index (χ4v) is 4.90. The summed E-state index contributed by atoms with van der Waals surface area (Å²) in [6.45, 7) is 0. The van der Waals surface area contributed by atoms with Crippen LogP contribution in [0.5, 0.6) is 0 Å². The molecule has 3 aromatic heterocycles. The predicted molar refractivity (Wildman–Crippen MR) is 113 cm³/mol. The second kappa shape index (κ2) is 8.99. The molecule has 0 saturated heterocycles. The summed E-state index contributed by atoms with van der Waals surface area (Å²) >= 11 is 0. The van der Waals surface area contributed by atoms with Gasteiger partial charge in [-0.3, -0.25) is 9.78 Å². The van der Waals surface area contributed by atoms with E-state index >= 15 is 0 Å². The molecule has 3 aromatic rings. The average Bonchev–Trinajstić information content (AvgIpc) is 3.51. The number of amides is 1. The lowest BCUT2D eigenvalue weighted by Gasteiger charge is -2.41. The van der Waals surface area contributed by atoms with Crippen LogP contribution in [0.4, 0.5) is 0 Å². The maximum Gasteiger partial charge on any atom is 0.292 e. The molecular formula is C23H27N5O3. The van der Waals surface area contributed by atoms with Gasteiger partial charge >= 0.3 is 0 Å². The lowest BCUT2D eigenvalue weighted by molar-refractivity contribution is 0.0409. The van der Waals surface area contributed by atoms with Crippen LogP contribution in [0.3, 0.4) is 0 Å². The zero-order valence-electron chi connectivity index (χ0n) is 17.6. The Morgan fingerprint density at radius 2 is 1.52 bits per heavy atom. The third-order valence-electron chi connectivity index (χ3n) is 6.48. The van der Waals surface area contributed by atoms with E-state index < -0.39 is 0 Å². The minimum atomic E-state index is -0.0635. The van der Waals surface area contributed by atoms with Crippen molar-refractivity contribution in [3.05, 3.63) is 36.4 Å². The largest absolute Gasteiger partial charge is 0.350 e. The Balaban J connectivity index is 1.38. The van der Waals surface area contributed by atoms with Gasteiger partial charge in [0.2, 0.25) is 11.6 Å². The number of hydrogen-bond acceptors (Lipinski definition) is 7. The molecule has 2 fully saturated rings. The van der Waals surface area contributed by atoms with Gasteiger partial charge in [-0.15, -0.1) is 0 Å². The molecule has 5 rings (SSSR count). The third kappa shape index (κ3) is 4.24. The lowest BCUT2D eigenvalue weighted by Crippen LogP contribution is -2.48. The lowest BCUT2D eigenvalue weighted by atomic mass is 9.88. The standard InChI is InChI=1S/C23H27N5O3/c29-23(28(17-7-3-1-4-8-17)18-9-5-2-6-10-18)20-15-19(26-30-20)22-25-21(27-31-22)16-11-13-24-14-12-16/h11-15,17-18H,1-10H2. The number of nitrogens with zero attached hydrogens (tertiary/aromatic N) is 5. The van der Waals surface area contributed by atoms with Crippen molar-refractivity contribution in [2.75, 3.05) is 0 Å². The summed E-state index contributed by atoms with van der Waals surface area (Å²) < 4.78 is 10.8. The van der Waals surface area contributed by atoms with E-state index in [4.69, 9.17) is 9.05 Å². The van der Waals surface area contributed by atoms with Crippen LogP contribution in [0.25, 0.3) is 23.0 Å². The van der Waals surface area contributed by atoms with Crippen LogP contribution in [0.2, 0.25) is 0 Å². The number of hydrogen-bond donors (Lipinski definition) is 0. The van der Waals surface area contributed by atoms with Crippen molar-refractivity contribution in [2.45, 2.75) is 76.3 Å². The maximum atomic E-state index is 13.5. The van der Waals surface area contributed by atoms with Crippen molar-refractivity contribution >= 4 is 5.91 Å². The van der Waals surface area contributed by atoms with Crippen molar-refractivity contribution in [2.24, 2.45) is 0 Å². The van der Waals surface area contributed by atoms with E-state index in [1.165, 1.54) is 38.5 Å². The molecule has 1 amide bonds. The Morgan fingerprint density at radius 3 is 2.16 bits per heavy atom. The van der Waals surface area contributed by atoms with Crippen molar-refractivity contribution in [3.63, 3.8) is 0 Å². The fraction of sp³-hybridized carbons (Fsp3) is 0.522. The zero-order valence-corrected chi connectivity index (χ0v) is 17.6. The predicted octanol–water partition coefficient (Wildman–Crippen LogP) is 4.89. The zero-order chi connectivity index (χ0) is 21.0. The first-order chi connectivity index (χ1) is 15.3. The summed E-state index contributed by atoms with van der Waals surface area (Å²) in [5.74, 6) is 0.858. The van der Waals surface area contributed by atoms with Gasteiger partial charge < -0.3 is 13.9 Å². The Morgan fingerprint density at radius 1 is 0.871 bits per heavy atom. The number of carbonyl (C=O) groups is 1. The van der Waals surface area contributed by atoms with Crippen molar-refractivity contribution in [1.29, 1.82) is 0 Å². The molecule has 31 heavy (non-hydrogen) atoms. The van der Waals surface area contributed by atoms with E-state index in [0.717, 1.165) is 31.2 Å². The first kappa shape index (κ1) is 19.9. The van der Waals surface area contributed by atoms with E-state index in [-0.39, 0.29) is 17.6 Å². The summed E-state index contributed by atoms with van der Waals surface area (Å²) in [4.78, 5) is 24.0. The van der Waals surface area contributed by atoms with Crippen LogP contribution in [-0.2, 0) is 0 Å². The van der Waals surface area contributed by atoms with Gasteiger partial charge in [0.25, 0.3) is 11.8 Å². The normalized spacial score (nSPS) is 18.2. The Bertz CT molecular complexity index is 985. The van der Waals surface area contributed by atoms with Crippen LogP contribution >= 0.6 is 0 Å². The van der Waals surface area contributed by atoms with E-state index in [0.29, 0.717) is 23.6 Å². The Labute approximate surface area is 181 Å². The number of rotatable bonds is 5. The molecule has 8 heteroatoms. The first-order valence-electron chi connectivity index (χ1n) is 11.3. The van der Waals surface area contributed by atoms with E-state index in [1.54, 1.807) is 30.6 Å². The molecule has 0 unspecified atom stereocenters. The highest BCUT2D eigenvalue weighted by Gasteiger charge is 2.35. The van der Waals surface area contributed by atoms with Gasteiger partial charge in [-0.1, -0.05) is 48.8 Å². The highest BCUT2D eigenvalue weighted by molar-refractivity contribution is 5.92. The summed E-state index contributed by atoms with van der Waals surface area (Å²) in [6, 6.07) is 5.82. The molecule has 0 atom stereocenters. The van der Waals surface area contributed by atoms with Gasteiger partial charge in [0, 0.05) is 36.1 Å². The summed E-state index contributed by atoms with van der Waals surface area (Å²) in [6.07, 6.45) is 14.9. The van der Waals surface area contributed by atoms with Gasteiger partial charge in [-0.2, -0.15) is 4.98 Å². The minimum absolute atomic E-state index is 0.0635. The van der Waals surface area contributed by atoms with Crippen molar-refractivity contribution in [3.8, 4) is 23.0 Å². The highest BCUT2D eigenvalue weighted by Crippen LogP contribution is 2.32. The topological polar surface area (TPSA) is 98.1 Å². The summed E-state index contributed by atoms with van der Waals surface area (Å²) in [7, 11) is 0. The second-order valence-corrected chi connectivity index (χ2v) is 8.53. The highest BCUT2D eigenvalue weighted by atomic mass is 16.5. The van der Waals surface area contributed by atoms with Crippen LogP contribution in [0, 0.1) is 0 Å². The van der Waals surface area contributed by atoms with Gasteiger partial charge in [0.05, 0.1) is 0 Å². The van der Waals surface area contributed by atoms with Crippen LogP contribution in [0.15, 0.2) is 39.6 Å². The minimum Gasteiger partial charge on any atom is -0.350 e. The molecular weight excluding hydrogens is 394 g/mol. The maximum absolute atomic E-state index is 13.5. The van der Waals surface area contributed by atoms with Crippen molar-refractivity contribution in [1.82, 2.24) is 25.2 Å². The van der Waals surface area contributed by atoms with Crippen molar-refractivity contribution < 1.29 is 13.8 Å². The molecule has 0 bridgehead atoms. The number of pyridine rings is 1. The van der Waals surface area contributed by atoms with Crippen LogP contribution < -0.4 is 0 Å². The van der Waals surface area contributed by atoms with Crippen LogP contribution in [0.1, 0.15) is 74.8 Å². The molecule has 0 spiro atoms. The first-order valence-corrected chi connectivity index (χ1v) is 11.3. The molecule has 2 saturated carbocycles. The summed E-state index contributed by atoms with van der Waals surface area (Å²) in [5, 5.41) is 8.06. The molecule has 0 radical (unpaired) electrons. The summed E-state index contributed by atoms with van der Waals surface area (Å²) in [5.41, 5.74) is 1.17. The van der Waals surface area contributed by atoms with E-state index in [9.17, 15) is 4.79 Å². The fourth-order valence-electron chi connectivity index (χ4n) is 4.90. The van der Waals surface area contributed by atoms with Gasteiger partial charge in [0.1, 0.15) is 0 Å². The molecule has 0 N–H and O–H groups in total. The van der Waals surface area contributed by atoms with E-state index in [1.807, 2.05) is 0 Å². The smallest absolute Gasteiger partial charge is 0.292 e. The number of carbonyl (C=O) groups excluding carboxylic acids is 1.